The zero-order valence-electron chi connectivity index (χ0n) is 15.6. The van der Waals surface area contributed by atoms with Crippen molar-refractivity contribution in [2.24, 2.45) is 0 Å². The van der Waals surface area contributed by atoms with Crippen LogP contribution in [0.3, 0.4) is 0 Å². The average Bonchev–Trinajstić information content (AvgIpc) is 2.54. The summed E-state index contributed by atoms with van der Waals surface area (Å²) in [5, 5.41) is 10.6. The average molecular weight is 380 g/mol. The van der Waals surface area contributed by atoms with Crippen molar-refractivity contribution in [1.82, 2.24) is 10.6 Å². The van der Waals surface area contributed by atoms with E-state index in [4.69, 9.17) is 4.74 Å². The van der Waals surface area contributed by atoms with Crippen molar-refractivity contribution in [3.8, 4) is 0 Å². The van der Waals surface area contributed by atoms with E-state index >= 15 is 0 Å². The van der Waals surface area contributed by atoms with Gasteiger partial charge in [-0.25, -0.2) is 9.18 Å². The number of hydrogen-bond donors (Lipinski definition) is 4. The summed E-state index contributed by atoms with van der Waals surface area (Å²) >= 11 is 0. The van der Waals surface area contributed by atoms with Crippen molar-refractivity contribution in [3.05, 3.63) is 24.0 Å². The van der Waals surface area contributed by atoms with Gasteiger partial charge in [-0.05, 0) is 45.4 Å². The number of hydrogen-bond acceptors (Lipinski definition) is 6. The molecule has 27 heavy (non-hydrogen) atoms. The lowest BCUT2D eigenvalue weighted by Crippen LogP contribution is -2.47. The molecule has 0 saturated carbocycles. The number of imide groups is 1. The van der Waals surface area contributed by atoms with Gasteiger partial charge in [0.2, 0.25) is 11.8 Å². The first-order valence-electron chi connectivity index (χ1n) is 8.74. The molecule has 1 heterocycles. The van der Waals surface area contributed by atoms with Gasteiger partial charge in [-0.3, -0.25) is 14.9 Å². The van der Waals surface area contributed by atoms with E-state index in [-0.39, 0.29) is 24.6 Å². The van der Waals surface area contributed by atoms with Crippen molar-refractivity contribution < 1.29 is 23.5 Å². The monoisotopic (exact) mass is 380 g/mol. The fourth-order valence-corrected chi connectivity index (χ4v) is 2.46. The topological polar surface area (TPSA) is 109 Å². The zero-order chi connectivity index (χ0) is 20.0. The van der Waals surface area contributed by atoms with Crippen LogP contribution >= 0.6 is 0 Å². The number of benzene rings is 1. The number of carbonyl (C=O) groups is 3. The van der Waals surface area contributed by atoms with Crippen LogP contribution in [0.15, 0.2) is 18.2 Å². The Morgan fingerprint density at radius 3 is 2.67 bits per heavy atom. The van der Waals surface area contributed by atoms with E-state index < -0.39 is 29.5 Å². The largest absolute Gasteiger partial charge is 0.444 e. The van der Waals surface area contributed by atoms with E-state index in [1.807, 2.05) is 0 Å². The molecule has 4 N–H and O–H groups in total. The van der Waals surface area contributed by atoms with Gasteiger partial charge >= 0.3 is 6.09 Å². The van der Waals surface area contributed by atoms with Crippen LogP contribution in [-0.4, -0.2) is 42.6 Å². The third-order valence-corrected chi connectivity index (χ3v) is 3.66. The maximum absolute atomic E-state index is 14.2. The van der Waals surface area contributed by atoms with Gasteiger partial charge in [0.15, 0.2) is 0 Å². The number of rotatable bonds is 6. The molecule has 0 bridgehead atoms. The molecule has 1 saturated heterocycles. The predicted molar refractivity (Wildman–Crippen MR) is 98.9 cm³/mol. The molecule has 0 aromatic heterocycles. The van der Waals surface area contributed by atoms with Crippen LogP contribution in [0.2, 0.25) is 0 Å². The number of alkyl carbamates (subject to hydrolysis) is 1. The second-order valence-corrected chi connectivity index (χ2v) is 7.20. The zero-order valence-corrected chi connectivity index (χ0v) is 15.6. The molecule has 0 radical (unpaired) electrons. The quantitative estimate of drug-likeness (QED) is 0.444. The Labute approximate surface area is 157 Å². The van der Waals surface area contributed by atoms with Crippen molar-refractivity contribution >= 4 is 29.3 Å². The maximum Gasteiger partial charge on any atom is 0.407 e. The molecule has 0 aliphatic carbocycles. The maximum atomic E-state index is 14.2. The molecule has 1 unspecified atom stereocenters. The van der Waals surface area contributed by atoms with Crippen LogP contribution in [0.4, 0.5) is 20.6 Å². The lowest BCUT2D eigenvalue weighted by atomic mass is 10.1. The van der Waals surface area contributed by atoms with Crippen LogP contribution in [0.25, 0.3) is 0 Å². The number of piperidine rings is 1. The second kappa shape index (κ2) is 8.70. The molecule has 0 spiro atoms. The molecular formula is C18H25FN4O4. The number of carbonyl (C=O) groups excluding carboxylic acids is 3. The van der Waals surface area contributed by atoms with Gasteiger partial charge in [0.05, 0.1) is 5.69 Å². The van der Waals surface area contributed by atoms with Gasteiger partial charge in [-0.15, -0.1) is 0 Å². The number of nitrogens with one attached hydrogen (secondary N) is 4. The predicted octanol–water partition coefficient (Wildman–Crippen LogP) is 1.98. The first-order chi connectivity index (χ1) is 12.6. The molecule has 1 aromatic carbocycles. The van der Waals surface area contributed by atoms with E-state index in [2.05, 4.69) is 21.3 Å². The van der Waals surface area contributed by atoms with E-state index in [9.17, 15) is 18.8 Å². The summed E-state index contributed by atoms with van der Waals surface area (Å²) in [5.41, 5.74) is 0.142. The summed E-state index contributed by atoms with van der Waals surface area (Å²) in [7, 11) is 0. The number of ether oxygens (including phenoxy) is 1. The lowest BCUT2D eigenvalue weighted by molar-refractivity contribution is -0.133. The van der Waals surface area contributed by atoms with Crippen molar-refractivity contribution in [3.63, 3.8) is 0 Å². The Bertz CT molecular complexity index is 718. The third kappa shape index (κ3) is 6.76. The SMILES string of the molecule is CC(C)(C)OC(=O)NCCNc1ccc(NC2CCC(=O)NC2=O)cc1F. The molecule has 1 fully saturated rings. The van der Waals surface area contributed by atoms with E-state index in [1.54, 1.807) is 26.8 Å². The molecule has 148 valence electrons. The summed E-state index contributed by atoms with van der Waals surface area (Å²) in [6.07, 6.45) is 0.0762. The number of halogens is 1. The van der Waals surface area contributed by atoms with Crippen LogP contribution in [0.1, 0.15) is 33.6 Å². The summed E-state index contributed by atoms with van der Waals surface area (Å²) in [5.74, 6) is -1.21. The standard InChI is InChI=1S/C18H25FN4O4/c1-18(2,3)27-17(26)21-9-8-20-13-5-4-11(10-12(13)19)22-14-6-7-15(24)23-16(14)25/h4-5,10,14,20,22H,6-9H2,1-3H3,(H,21,26)(H,23,24,25). The number of amides is 3. The lowest BCUT2D eigenvalue weighted by Gasteiger charge is -2.23. The minimum Gasteiger partial charge on any atom is -0.444 e. The summed E-state index contributed by atoms with van der Waals surface area (Å²) in [4.78, 5) is 34.4. The van der Waals surface area contributed by atoms with Crippen molar-refractivity contribution in [2.45, 2.75) is 45.3 Å². The highest BCUT2D eigenvalue weighted by Crippen LogP contribution is 2.20. The van der Waals surface area contributed by atoms with Gasteiger partial charge in [0, 0.05) is 25.2 Å². The summed E-state index contributed by atoms with van der Waals surface area (Å²) < 4.78 is 19.3. The van der Waals surface area contributed by atoms with Crippen LogP contribution < -0.4 is 21.3 Å². The normalized spacial score (nSPS) is 17.1. The smallest absolute Gasteiger partial charge is 0.407 e. The molecule has 1 aliphatic heterocycles. The minimum atomic E-state index is -0.574. The molecule has 2 rings (SSSR count). The number of anilines is 2. The highest BCUT2D eigenvalue weighted by molar-refractivity contribution is 6.01. The van der Waals surface area contributed by atoms with Crippen molar-refractivity contribution in [2.75, 3.05) is 23.7 Å². The Morgan fingerprint density at radius 2 is 2.04 bits per heavy atom. The fourth-order valence-electron chi connectivity index (χ4n) is 2.46. The van der Waals surface area contributed by atoms with Crippen LogP contribution in [0.5, 0.6) is 0 Å². The Morgan fingerprint density at radius 1 is 1.30 bits per heavy atom. The first kappa shape index (κ1) is 20.5. The van der Waals surface area contributed by atoms with Crippen molar-refractivity contribution in [1.29, 1.82) is 0 Å². The summed E-state index contributed by atoms with van der Waals surface area (Å²) in [6, 6.07) is 3.87. The molecule has 3 amide bonds. The summed E-state index contributed by atoms with van der Waals surface area (Å²) in [6.45, 7) is 5.89. The van der Waals surface area contributed by atoms with E-state index in [0.29, 0.717) is 18.7 Å². The third-order valence-electron chi connectivity index (χ3n) is 3.66. The molecule has 8 nitrogen and oxygen atoms in total. The molecule has 1 aromatic rings. The molecule has 1 atom stereocenters. The Kier molecular flexibility index (Phi) is 6.59. The molecule has 9 heteroatoms. The fraction of sp³-hybridized carbons (Fsp3) is 0.500. The highest BCUT2D eigenvalue weighted by Gasteiger charge is 2.26. The first-order valence-corrected chi connectivity index (χ1v) is 8.74. The van der Waals surface area contributed by atoms with Gasteiger partial charge in [0.1, 0.15) is 17.5 Å². The Balaban J connectivity index is 1.80. The minimum absolute atomic E-state index is 0.246. The Hall–Kier alpha value is -2.84. The van der Waals surface area contributed by atoms with Crippen LogP contribution in [0, 0.1) is 5.82 Å². The van der Waals surface area contributed by atoms with Crippen LogP contribution in [-0.2, 0) is 14.3 Å². The molecule has 1 aliphatic rings. The highest BCUT2D eigenvalue weighted by atomic mass is 19.1. The van der Waals surface area contributed by atoms with Gasteiger partial charge < -0.3 is 20.7 Å². The van der Waals surface area contributed by atoms with Gasteiger partial charge in [-0.2, -0.15) is 0 Å². The molecular weight excluding hydrogens is 355 g/mol. The van der Waals surface area contributed by atoms with Gasteiger partial charge in [-0.1, -0.05) is 0 Å². The second-order valence-electron chi connectivity index (χ2n) is 7.20. The van der Waals surface area contributed by atoms with Gasteiger partial charge in [0.25, 0.3) is 0 Å². The van der Waals surface area contributed by atoms with E-state index in [0.717, 1.165) is 0 Å². The van der Waals surface area contributed by atoms with E-state index in [1.165, 1.54) is 12.1 Å².